The Morgan fingerprint density at radius 2 is 2.20 bits per heavy atom. The van der Waals surface area contributed by atoms with Crippen molar-refractivity contribution in [2.45, 2.75) is 45.9 Å². The highest BCUT2D eigenvalue weighted by atomic mass is 16.3. The minimum Gasteiger partial charge on any atom is -0.392 e. The summed E-state index contributed by atoms with van der Waals surface area (Å²) >= 11 is 0. The Kier molecular flexibility index (Phi) is 5.51. The van der Waals surface area contributed by atoms with Crippen LogP contribution in [0.15, 0.2) is 29.2 Å². The van der Waals surface area contributed by atoms with E-state index in [9.17, 15) is 9.90 Å². The third-order valence-electron chi connectivity index (χ3n) is 4.98. The number of pyridine rings is 1. The van der Waals surface area contributed by atoms with Crippen LogP contribution in [0.1, 0.15) is 31.5 Å². The van der Waals surface area contributed by atoms with Crippen molar-refractivity contribution in [3.8, 4) is 0 Å². The van der Waals surface area contributed by atoms with Gasteiger partial charge < -0.3 is 5.11 Å². The molecule has 25 heavy (non-hydrogen) atoms. The third-order valence-corrected chi connectivity index (χ3v) is 4.98. The van der Waals surface area contributed by atoms with Crippen molar-refractivity contribution in [3.63, 3.8) is 0 Å². The Bertz CT molecular complexity index is 787. The fraction of sp³-hybridized carbons (Fsp3) is 0.579. The first-order valence-corrected chi connectivity index (χ1v) is 9.10. The molecular formula is C19H28N4O2. The zero-order valence-electron chi connectivity index (χ0n) is 15.4. The minimum absolute atomic E-state index is 0.0246. The molecule has 0 amide bonds. The smallest absolute Gasteiger partial charge is 0.258 e. The predicted molar refractivity (Wildman–Crippen MR) is 98.8 cm³/mol. The maximum absolute atomic E-state index is 12.4. The maximum Gasteiger partial charge on any atom is 0.258 e. The van der Waals surface area contributed by atoms with E-state index in [2.05, 4.69) is 16.7 Å². The molecule has 0 saturated carbocycles. The normalized spacial score (nSPS) is 20.9. The van der Waals surface area contributed by atoms with Crippen molar-refractivity contribution >= 4 is 5.65 Å². The quantitative estimate of drug-likeness (QED) is 0.885. The molecule has 0 radical (unpaired) electrons. The lowest BCUT2D eigenvalue weighted by Crippen LogP contribution is -2.54. The number of rotatable bonds is 5. The van der Waals surface area contributed by atoms with E-state index < -0.39 is 0 Å². The SMILES string of the molecule is CC[C@@H]1CN(Cc2cc(=O)n3cccc(C)c3n2)CCN1C[C@H](C)O. The van der Waals surface area contributed by atoms with Gasteiger partial charge in [0.25, 0.3) is 5.56 Å². The zero-order valence-corrected chi connectivity index (χ0v) is 15.4. The number of β-amino-alcohol motifs (C(OH)–C–C–N with tert-alkyl or cyclic N) is 1. The van der Waals surface area contributed by atoms with Crippen LogP contribution in [-0.2, 0) is 6.54 Å². The summed E-state index contributed by atoms with van der Waals surface area (Å²) in [6.07, 6.45) is 2.52. The summed E-state index contributed by atoms with van der Waals surface area (Å²) in [5.74, 6) is 0. The standard InChI is InChI=1S/C19H28N4O2/c1-4-17-13-21(8-9-22(17)11-15(3)24)12-16-10-18(25)23-7-5-6-14(2)19(23)20-16/h5-7,10,15,17,24H,4,8-9,11-13H2,1-3H3/t15-,17+/m0/s1. The number of aryl methyl sites for hydroxylation is 1. The van der Waals surface area contributed by atoms with Gasteiger partial charge in [-0.2, -0.15) is 0 Å². The molecule has 0 aliphatic carbocycles. The molecule has 0 bridgehead atoms. The summed E-state index contributed by atoms with van der Waals surface area (Å²) in [6, 6.07) is 5.94. The van der Waals surface area contributed by atoms with E-state index in [1.54, 1.807) is 16.7 Å². The van der Waals surface area contributed by atoms with Gasteiger partial charge in [-0.15, -0.1) is 0 Å². The third kappa shape index (κ3) is 4.08. The van der Waals surface area contributed by atoms with E-state index in [4.69, 9.17) is 4.98 Å². The number of aliphatic hydroxyl groups is 1. The van der Waals surface area contributed by atoms with Gasteiger partial charge in [0.15, 0.2) is 0 Å². The van der Waals surface area contributed by atoms with Crippen LogP contribution in [0, 0.1) is 6.92 Å². The molecular weight excluding hydrogens is 316 g/mol. The molecule has 1 fully saturated rings. The monoisotopic (exact) mass is 344 g/mol. The zero-order chi connectivity index (χ0) is 18.0. The molecule has 1 N–H and O–H groups in total. The topological polar surface area (TPSA) is 61.1 Å². The van der Waals surface area contributed by atoms with Gasteiger partial charge in [-0.3, -0.25) is 19.0 Å². The van der Waals surface area contributed by atoms with E-state index >= 15 is 0 Å². The summed E-state index contributed by atoms with van der Waals surface area (Å²) in [6.45, 7) is 10.2. The first-order chi connectivity index (χ1) is 12.0. The molecule has 1 aliphatic heterocycles. The molecule has 2 atom stereocenters. The number of fused-ring (bicyclic) bond motifs is 1. The van der Waals surface area contributed by atoms with Gasteiger partial charge in [-0.1, -0.05) is 13.0 Å². The molecule has 6 heteroatoms. The molecule has 2 aromatic rings. The molecule has 1 aliphatic rings. The minimum atomic E-state index is -0.300. The Hall–Kier alpha value is -1.76. The maximum atomic E-state index is 12.4. The summed E-state index contributed by atoms with van der Waals surface area (Å²) in [5, 5.41) is 9.67. The summed E-state index contributed by atoms with van der Waals surface area (Å²) in [5.41, 5.74) is 2.56. The second-order valence-corrected chi connectivity index (χ2v) is 7.11. The van der Waals surface area contributed by atoms with Crippen molar-refractivity contribution in [1.82, 2.24) is 19.2 Å². The van der Waals surface area contributed by atoms with Gasteiger partial charge in [0.05, 0.1) is 11.8 Å². The van der Waals surface area contributed by atoms with Gasteiger partial charge in [0.2, 0.25) is 0 Å². The molecule has 0 unspecified atom stereocenters. The van der Waals surface area contributed by atoms with Crippen LogP contribution in [0.4, 0.5) is 0 Å². The lowest BCUT2D eigenvalue weighted by atomic mass is 10.1. The number of piperazine rings is 1. The van der Waals surface area contributed by atoms with E-state index in [1.807, 2.05) is 26.0 Å². The number of nitrogens with zero attached hydrogens (tertiary/aromatic N) is 4. The van der Waals surface area contributed by atoms with Gasteiger partial charge in [0.1, 0.15) is 5.65 Å². The number of aliphatic hydroxyl groups excluding tert-OH is 1. The molecule has 0 spiro atoms. The molecule has 6 nitrogen and oxygen atoms in total. The fourth-order valence-corrected chi connectivity index (χ4v) is 3.69. The lowest BCUT2D eigenvalue weighted by Gasteiger charge is -2.41. The highest BCUT2D eigenvalue weighted by Gasteiger charge is 2.26. The van der Waals surface area contributed by atoms with Crippen molar-refractivity contribution < 1.29 is 5.11 Å². The van der Waals surface area contributed by atoms with E-state index in [1.165, 1.54) is 0 Å². The van der Waals surface area contributed by atoms with Crippen molar-refractivity contribution in [2.24, 2.45) is 0 Å². The number of hydrogen-bond donors (Lipinski definition) is 1. The lowest BCUT2D eigenvalue weighted by molar-refractivity contribution is 0.0333. The van der Waals surface area contributed by atoms with Crippen molar-refractivity contribution in [1.29, 1.82) is 0 Å². The number of aromatic nitrogens is 2. The van der Waals surface area contributed by atoms with Crippen LogP contribution in [0.5, 0.6) is 0 Å². The first-order valence-electron chi connectivity index (χ1n) is 9.10. The van der Waals surface area contributed by atoms with Crippen LogP contribution in [0.25, 0.3) is 5.65 Å². The average Bonchev–Trinajstić information content (AvgIpc) is 2.57. The second-order valence-electron chi connectivity index (χ2n) is 7.11. The highest BCUT2D eigenvalue weighted by Crippen LogP contribution is 2.15. The summed E-state index contributed by atoms with van der Waals surface area (Å²) < 4.78 is 1.61. The van der Waals surface area contributed by atoms with Crippen LogP contribution in [-0.4, -0.2) is 62.6 Å². The van der Waals surface area contributed by atoms with Crippen LogP contribution in [0.3, 0.4) is 0 Å². The second kappa shape index (κ2) is 7.64. The van der Waals surface area contributed by atoms with Crippen LogP contribution in [0.2, 0.25) is 0 Å². The summed E-state index contributed by atoms with van der Waals surface area (Å²) in [4.78, 5) is 21.8. The van der Waals surface area contributed by atoms with E-state index in [0.29, 0.717) is 12.6 Å². The Labute approximate surface area is 148 Å². The van der Waals surface area contributed by atoms with Crippen molar-refractivity contribution in [3.05, 3.63) is 46.0 Å². The predicted octanol–water partition coefficient (Wildman–Crippen LogP) is 1.28. The largest absolute Gasteiger partial charge is 0.392 e. The molecule has 2 aromatic heterocycles. The van der Waals surface area contributed by atoms with Gasteiger partial charge in [-0.25, -0.2) is 4.98 Å². The van der Waals surface area contributed by atoms with E-state index in [-0.39, 0.29) is 11.7 Å². The molecule has 136 valence electrons. The number of hydrogen-bond acceptors (Lipinski definition) is 5. The first kappa shape index (κ1) is 18.0. The fourth-order valence-electron chi connectivity index (χ4n) is 3.69. The van der Waals surface area contributed by atoms with E-state index in [0.717, 1.165) is 49.5 Å². The Balaban J connectivity index is 1.76. The Morgan fingerprint density at radius 3 is 2.92 bits per heavy atom. The molecule has 0 aromatic carbocycles. The van der Waals surface area contributed by atoms with Gasteiger partial charge in [0, 0.05) is 51.0 Å². The van der Waals surface area contributed by atoms with Crippen molar-refractivity contribution in [2.75, 3.05) is 26.2 Å². The molecule has 3 heterocycles. The van der Waals surface area contributed by atoms with Gasteiger partial charge >= 0.3 is 0 Å². The Morgan fingerprint density at radius 1 is 1.40 bits per heavy atom. The van der Waals surface area contributed by atoms with Gasteiger partial charge in [-0.05, 0) is 31.9 Å². The highest BCUT2D eigenvalue weighted by molar-refractivity contribution is 5.46. The molecule has 3 rings (SSSR count). The summed E-state index contributed by atoms with van der Waals surface area (Å²) in [7, 11) is 0. The molecule has 1 saturated heterocycles. The van der Waals surface area contributed by atoms with Crippen LogP contribution >= 0.6 is 0 Å². The average molecular weight is 344 g/mol. The van der Waals surface area contributed by atoms with Crippen LogP contribution < -0.4 is 5.56 Å².